The molecule has 3 nitrogen and oxygen atoms in total. The van der Waals surface area contributed by atoms with Crippen LogP contribution in [0.15, 0.2) is 53.5 Å². The molecule has 0 saturated heterocycles. The van der Waals surface area contributed by atoms with Gasteiger partial charge in [0, 0.05) is 0 Å². The number of rotatable bonds is 4. The summed E-state index contributed by atoms with van der Waals surface area (Å²) in [6, 6.07) is 16.3. The van der Waals surface area contributed by atoms with Crippen molar-refractivity contribution in [3.63, 3.8) is 0 Å². The number of nitrogens with zero attached hydrogens (tertiary/aromatic N) is 1. The maximum Gasteiger partial charge on any atom is 0.118 e. The molecule has 1 aliphatic heterocycles. The molecule has 0 fully saturated rings. The molecule has 1 atom stereocenters. The van der Waals surface area contributed by atoms with Crippen molar-refractivity contribution in [2.75, 3.05) is 14.2 Å². The van der Waals surface area contributed by atoms with Crippen molar-refractivity contribution in [2.45, 2.75) is 6.04 Å². The zero-order valence-electron chi connectivity index (χ0n) is 11.0. The Bertz CT molecular complexity index is 600. The van der Waals surface area contributed by atoms with E-state index in [1.165, 1.54) is 5.56 Å². The third kappa shape index (κ3) is 2.32. The van der Waals surface area contributed by atoms with E-state index in [1.54, 1.807) is 14.2 Å². The van der Waals surface area contributed by atoms with E-state index in [-0.39, 0.29) is 6.04 Å². The summed E-state index contributed by atoms with van der Waals surface area (Å²) in [6.45, 7) is 0. The van der Waals surface area contributed by atoms with E-state index in [2.05, 4.69) is 17.1 Å². The second kappa shape index (κ2) is 4.76. The lowest BCUT2D eigenvalue weighted by Gasteiger charge is -2.02. The Kier molecular flexibility index (Phi) is 2.95. The van der Waals surface area contributed by atoms with Crippen molar-refractivity contribution < 1.29 is 9.47 Å². The molecule has 2 aromatic rings. The first-order chi connectivity index (χ1) is 9.31. The highest BCUT2D eigenvalue weighted by Crippen LogP contribution is 2.35. The molecule has 1 heterocycles. The van der Waals surface area contributed by atoms with Gasteiger partial charge in [0.25, 0.3) is 0 Å². The van der Waals surface area contributed by atoms with Crippen molar-refractivity contribution in [1.29, 1.82) is 0 Å². The van der Waals surface area contributed by atoms with Crippen LogP contribution in [0, 0.1) is 0 Å². The van der Waals surface area contributed by atoms with Crippen molar-refractivity contribution in [1.82, 2.24) is 0 Å². The summed E-state index contributed by atoms with van der Waals surface area (Å²) in [5, 5.41) is 0. The number of hydrogen-bond donors (Lipinski definition) is 0. The average molecular weight is 253 g/mol. The van der Waals surface area contributed by atoms with E-state index in [1.807, 2.05) is 36.4 Å². The van der Waals surface area contributed by atoms with Gasteiger partial charge in [-0.3, -0.25) is 4.99 Å². The molecule has 96 valence electrons. The number of ether oxygens (including phenoxy) is 2. The number of aliphatic imine (C=N–C) groups is 1. The predicted octanol–water partition coefficient (Wildman–Crippen LogP) is 3.25. The molecule has 1 aliphatic rings. The smallest absolute Gasteiger partial charge is 0.118 e. The van der Waals surface area contributed by atoms with Gasteiger partial charge in [0.1, 0.15) is 17.5 Å². The Balaban J connectivity index is 1.73. The molecule has 0 spiro atoms. The van der Waals surface area contributed by atoms with Gasteiger partial charge in [0.15, 0.2) is 0 Å². The van der Waals surface area contributed by atoms with E-state index in [9.17, 15) is 0 Å². The lowest BCUT2D eigenvalue weighted by atomic mass is 10.0. The molecule has 2 aromatic carbocycles. The number of hydrogen-bond acceptors (Lipinski definition) is 3. The molecule has 3 rings (SSSR count). The van der Waals surface area contributed by atoms with Crippen LogP contribution in [0.1, 0.15) is 17.2 Å². The summed E-state index contributed by atoms with van der Waals surface area (Å²) in [6.07, 6.45) is 0. The van der Waals surface area contributed by atoms with E-state index >= 15 is 0 Å². The Hall–Kier alpha value is -2.29. The zero-order valence-corrected chi connectivity index (χ0v) is 11.0. The molecule has 0 N–H and O–H groups in total. The molecule has 0 bridgehead atoms. The predicted molar refractivity (Wildman–Crippen MR) is 75.3 cm³/mol. The second-order valence-electron chi connectivity index (χ2n) is 4.42. The van der Waals surface area contributed by atoms with Crippen LogP contribution in [-0.2, 0) is 0 Å². The zero-order chi connectivity index (χ0) is 13.2. The highest BCUT2D eigenvalue weighted by Gasteiger charge is 2.30. The molecule has 0 radical (unpaired) electrons. The topological polar surface area (TPSA) is 30.8 Å². The summed E-state index contributed by atoms with van der Waals surface area (Å²) < 4.78 is 10.3. The first kappa shape index (κ1) is 11.8. The van der Waals surface area contributed by atoms with Gasteiger partial charge in [-0.1, -0.05) is 12.1 Å². The summed E-state index contributed by atoms with van der Waals surface area (Å²) in [4.78, 5) is 4.54. The van der Waals surface area contributed by atoms with Gasteiger partial charge in [-0.25, -0.2) is 0 Å². The fourth-order valence-corrected chi connectivity index (χ4v) is 2.11. The van der Waals surface area contributed by atoms with Crippen LogP contribution < -0.4 is 9.47 Å². The Morgan fingerprint density at radius 1 is 0.789 bits per heavy atom. The van der Waals surface area contributed by atoms with Gasteiger partial charge in [-0.2, -0.15) is 0 Å². The number of benzene rings is 2. The maximum atomic E-state index is 5.16. The lowest BCUT2D eigenvalue weighted by Crippen LogP contribution is -1.94. The first-order valence-electron chi connectivity index (χ1n) is 6.18. The van der Waals surface area contributed by atoms with E-state index in [0.717, 1.165) is 22.8 Å². The van der Waals surface area contributed by atoms with Gasteiger partial charge >= 0.3 is 0 Å². The normalized spacial score (nSPS) is 16.7. The van der Waals surface area contributed by atoms with E-state index < -0.39 is 0 Å². The molecule has 0 aromatic heterocycles. The minimum Gasteiger partial charge on any atom is -0.497 e. The van der Waals surface area contributed by atoms with Crippen LogP contribution in [0.4, 0.5) is 0 Å². The molecule has 0 amide bonds. The third-order valence-electron chi connectivity index (χ3n) is 3.28. The summed E-state index contributed by atoms with van der Waals surface area (Å²) >= 11 is 0. The molecule has 3 heteroatoms. The fraction of sp³-hybridized carbons (Fsp3) is 0.188. The molecular weight excluding hydrogens is 238 g/mol. The van der Waals surface area contributed by atoms with Gasteiger partial charge in [-0.05, 0) is 47.5 Å². The Morgan fingerprint density at radius 2 is 1.32 bits per heavy atom. The first-order valence-corrected chi connectivity index (χ1v) is 6.18. The van der Waals surface area contributed by atoms with Crippen LogP contribution >= 0.6 is 0 Å². The summed E-state index contributed by atoms with van der Waals surface area (Å²) in [5.41, 5.74) is 3.49. The minimum absolute atomic E-state index is 0.194. The van der Waals surface area contributed by atoms with Crippen molar-refractivity contribution in [3.8, 4) is 11.5 Å². The van der Waals surface area contributed by atoms with Gasteiger partial charge in [0.2, 0.25) is 0 Å². The second-order valence-corrected chi connectivity index (χ2v) is 4.42. The summed E-state index contributed by atoms with van der Waals surface area (Å²) in [5.74, 6) is 1.74. The van der Waals surface area contributed by atoms with Crippen molar-refractivity contribution in [3.05, 3.63) is 59.7 Å². The van der Waals surface area contributed by atoms with Crippen molar-refractivity contribution in [2.24, 2.45) is 4.99 Å². The lowest BCUT2D eigenvalue weighted by molar-refractivity contribution is 0.414. The Morgan fingerprint density at radius 3 is 1.84 bits per heavy atom. The largest absolute Gasteiger partial charge is 0.497 e. The quantitative estimate of drug-likeness (QED) is 0.837. The van der Waals surface area contributed by atoms with Crippen LogP contribution in [0.25, 0.3) is 0 Å². The fourth-order valence-electron chi connectivity index (χ4n) is 2.11. The highest BCUT2D eigenvalue weighted by atomic mass is 16.5. The van der Waals surface area contributed by atoms with Gasteiger partial charge in [-0.15, -0.1) is 0 Å². The van der Waals surface area contributed by atoms with Gasteiger partial charge < -0.3 is 9.47 Å². The minimum atomic E-state index is 0.194. The average Bonchev–Trinajstić information content (AvgIpc) is 3.28. The molecule has 0 aliphatic carbocycles. The highest BCUT2D eigenvalue weighted by molar-refractivity contribution is 6.13. The van der Waals surface area contributed by atoms with E-state index in [4.69, 9.17) is 9.47 Å². The molecule has 1 unspecified atom stereocenters. The van der Waals surface area contributed by atoms with Crippen LogP contribution in [-0.4, -0.2) is 19.9 Å². The molecule has 19 heavy (non-hydrogen) atoms. The Labute approximate surface area is 112 Å². The standard InChI is InChI=1S/C16H15NO2/c1-18-13-7-3-11(4-8-13)15-16(17-15)12-5-9-14(19-2)10-6-12/h3-10,15H,1-2H3. The monoisotopic (exact) mass is 253 g/mol. The maximum absolute atomic E-state index is 5.16. The molecular formula is C16H15NO2. The molecule has 0 saturated carbocycles. The SMILES string of the molecule is COc1ccc(C2=NC2c2ccc(OC)cc2)cc1. The van der Waals surface area contributed by atoms with Crippen molar-refractivity contribution >= 4 is 5.71 Å². The summed E-state index contributed by atoms with van der Waals surface area (Å²) in [7, 11) is 3.34. The van der Waals surface area contributed by atoms with Crippen LogP contribution in [0.3, 0.4) is 0 Å². The third-order valence-corrected chi connectivity index (χ3v) is 3.28. The number of methoxy groups -OCH3 is 2. The van der Waals surface area contributed by atoms with Gasteiger partial charge in [0.05, 0.1) is 19.9 Å². The van der Waals surface area contributed by atoms with E-state index in [0.29, 0.717) is 0 Å². The van der Waals surface area contributed by atoms with Crippen LogP contribution in [0.2, 0.25) is 0 Å². The van der Waals surface area contributed by atoms with Crippen LogP contribution in [0.5, 0.6) is 11.5 Å².